The number of nitrogens with zero attached hydrogens (tertiary/aromatic N) is 2. The third-order valence-corrected chi connectivity index (χ3v) is 2.83. The highest BCUT2D eigenvalue weighted by atomic mass is 35.5. The van der Waals surface area contributed by atoms with Gasteiger partial charge in [0.1, 0.15) is 12.4 Å². The van der Waals surface area contributed by atoms with Gasteiger partial charge in [0.05, 0.1) is 17.7 Å². The second-order valence-electron chi connectivity index (χ2n) is 5.25. The van der Waals surface area contributed by atoms with E-state index in [1.165, 1.54) is 13.2 Å². The summed E-state index contributed by atoms with van der Waals surface area (Å²) in [6, 6.07) is 1.50. The van der Waals surface area contributed by atoms with Crippen molar-refractivity contribution in [2.24, 2.45) is 5.41 Å². The number of hydrogen-bond acceptors (Lipinski definition) is 5. The standard InChI is InChI=1S/C13H17ClN2O3/c1-13(2,3)11(18)6-8-5-9(10(17)7-19-4)12(14)16-15-8/h5H,6-7H2,1-4H3. The van der Waals surface area contributed by atoms with Crippen molar-refractivity contribution in [1.29, 1.82) is 0 Å². The fourth-order valence-corrected chi connectivity index (χ4v) is 1.54. The maximum Gasteiger partial charge on any atom is 0.191 e. The molecule has 0 amide bonds. The van der Waals surface area contributed by atoms with Gasteiger partial charge >= 0.3 is 0 Å². The van der Waals surface area contributed by atoms with Crippen LogP contribution in [0.5, 0.6) is 0 Å². The van der Waals surface area contributed by atoms with Crippen LogP contribution in [0.25, 0.3) is 0 Å². The monoisotopic (exact) mass is 284 g/mol. The number of ketones is 2. The van der Waals surface area contributed by atoms with Gasteiger partial charge < -0.3 is 4.74 Å². The quantitative estimate of drug-likeness (QED) is 0.775. The first-order chi connectivity index (χ1) is 8.75. The number of ether oxygens (including phenoxy) is 1. The number of carbonyl (C=O) groups excluding carboxylic acids is 2. The largest absolute Gasteiger partial charge is 0.377 e. The minimum Gasteiger partial charge on any atom is -0.377 e. The van der Waals surface area contributed by atoms with E-state index in [0.29, 0.717) is 5.69 Å². The van der Waals surface area contributed by atoms with Crippen molar-refractivity contribution in [3.05, 3.63) is 22.5 Å². The smallest absolute Gasteiger partial charge is 0.191 e. The Labute approximate surface area is 117 Å². The predicted octanol–water partition coefficient (Wildman–Crippen LogP) is 2.12. The minimum absolute atomic E-state index is 0.0222. The number of rotatable bonds is 5. The summed E-state index contributed by atoms with van der Waals surface area (Å²) in [5, 5.41) is 7.57. The first-order valence-corrected chi connectivity index (χ1v) is 6.21. The van der Waals surface area contributed by atoms with Crippen molar-refractivity contribution >= 4 is 23.2 Å². The topological polar surface area (TPSA) is 69.2 Å². The Balaban J connectivity index is 2.97. The van der Waals surface area contributed by atoms with Crippen molar-refractivity contribution in [2.45, 2.75) is 27.2 Å². The molecular formula is C13H17ClN2O3. The van der Waals surface area contributed by atoms with Gasteiger partial charge in [0.15, 0.2) is 10.9 Å². The lowest BCUT2D eigenvalue weighted by Gasteiger charge is -2.16. The maximum atomic E-state index is 11.9. The molecule has 0 radical (unpaired) electrons. The third-order valence-electron chi connectivity index (χ3n) is 2.55. The van der Waals surface area contributed by atoms with Crippen molar-refractivity contribution < 1.29 is 14.3 Å². The Morgan fingerprint density at radius 1 is 1.32 bits per heavy atom. The fourth-order valence-electron chi connectivity index (χ4n) is 1.34. The lowest BCUT2D eigenvalue weighted by molar-refractivity contribution is -0.125. The van der Waals surface area contributed by atoms with E-state index in [1.807, 2.05) is 20.8 Å². The zero-order valence-electron chi connectivity index (χ0n) is 11.5. The van der Waals surface area contributed by atoms with Crippen LogP contribution < -0.4 is 0 Å². The summed E-state index contributed by atoms with van der Waals surface area (Å²) in [5.41, 5.74) is 0.205. The Morgan fingerprint density at radius 2 is 1.95 bits per heavy atom. The fraction of sp³-hybridized carbons (Fsp3) is 0.538. The number of methoxy groups -OCH3 is 1. The lowest BCUT2D eigenvalue weighted by Crippen LogP contribution is -2.23. The summed E-state index contributed by atoms with van der Waals surface area (Å²) in [7, 11) is 1.42. The van der Waals surface area contributed by atoms with Gasteiger partial charge in [-0.15, -0.1) is 5.10 Å². The van der Waals surface area contributed by atoms with Gasteiger partial charge in [0.2, 0.25) is 0 Å². The molecule has 0 atom stereocenters. The molecule has 0 spiro atoms. The van der Waals surface area contributed by atoms with Gasteiger partial charge in [0.25, 0.3) is 0 Å². The highest BCUT2D eigenvalue weighted by molar-refractivity contribution is 6.32. The van der Waals surface area contributed by atoms with Gasteiger partial charge in [-0.3, -0.25) is 9.59 Å². The van der Waals surface area contributed by atoms with Crippen LogP contribution in [0.15, 0.2) is 6.07 Å². The average Bonchev–Trinajstić information content (AvgIpc) is 2.30. The summed E-state index contributed by atoms with van der Waals surface area (Å²) >= 11 is 5.82. The second-order valence-corrected chi connectivity index (χ2v) is 5.60. The first kappa shape index (κ1) is 15.7. The molecular weight excluding hydrogens is 268 g/mol. The van der Waals surface area contributed by atoms with Crippen molar-refractivity contribution in [1.82, 2.24) is 10.2 Å². The summed E-state index contributed by atoms with van der Waals surface area (Å²) in [4.78, 5) is 23.7. The number of halogens is 1. The molecule has 104 valence electrons. The van der Waals surface area contributed by atoms with Gasteiger partial charge in [-0.2, -0.15) is 5.10 Å². The Morgan fingerprint density at radius 3 is 2.47 bits per heavy atom. The van der Waals surface area contributed by atoms with Gasteiger partial charge in [-0.1, -0.05) is 32.4 Å². The molecule has 19 heavy (non-hydrogen) atoms. The minimum atomic E-state index is -0.460. The van der Waals surface area contributed by atoms with Crippen molar-refractivity contribution in [2.75, 3.05) is 13.7 Å². The molecule has 5 nitrogen and oxygen atoms in total. The summed E-state index contributed by atoms with van der Waals surface area (Å²) in [6.07, 6.45) is 0.126. The molecule has 0 saturated carbocycles. The zero-order valence-corrected chi connectivity index (χ0v) is 12.2. The lowest BCUT2D eigenvalue weighted by atomic mass is 9.88. The number of Topliss-reactive ketones (excluding diaryl/α,β-unsaturated/α-hetero) is 2. The normalized spacial score (nSPS) is 11.4. The average molecular weight is 285 g/mol. The molecule has 0 aliphatic heterocycles. The Hall–Kier alpha value is -1.33. The van der Waals surface area contributed by atoms with Crippen LogP contribution in [0.3, 0.4) is 0 Å². The zero-order chi connectivity index (χ0) is 14.6. The molecule has 6 heteroatoms. The molecule has 0 bridgehead atoms. The number of aromatic nitrogens is 2. The molecule has 0 aromatic carbocycles. The van der Waals surface area contributed by atoms with E-state index in [0.717, 1.165) is 0 Å². The van der Waals surface area contributed by atoms with E-state index in [2.05, 4.69) is 10.2 Å². The Kier molecular flexibility index (Phi) is 5.14. The molecule has 1 aromatic heterocycles. The van der Waals surface area contributed by atoms with E-state index in [9.17, 15) is 9.59 Å². The van der Waals surface area contributed by atoms with Crippen LogP contribution in [0, 0.1) is 5.41 Å². The molecule has 1 rings (SSSR count). The molecule has 1 aromatic rings. The summed E-state index contributed by atoms with van der Waals surface area (Å²) in [6.45, 7) is 5.40. The predicted molar refractivity (Wildman–Crippen MR) is 71.4 cm³/mol. The third kappa shape index (κ3) is 4.36. The van der Waals surface area contributed by atoms with Crippen LogP contribution >= 0.6 is 11.6 Å². The first-order valence-electron chi connectivity index (χ1n) is 5.83. The van der Waals surface area contributed by atoms with Gasteiger partial charge in [0, 0.05) is 12.5 Å². The highest BCUT2D eigenvalue weighted by Gasteiger charge is 2.23. The van der Waals surface area contributed by atoms with Crippen LogP contribution in [-0.2, 0) is 16.0 Å². The maximum absolute atomic E-state index is 11.9. The van der Waals surface area contributed by atoms with Crippen LogP contribution in [0.4, 0.5) is 0 Å². The van der Waals surface area contributed by atoms with Crippen molar-refractivity contribution in [3.8, 4) is 0 Å². The SMILES string of the molecule is COCC(=O)c1cc(CC(=O)C(C)(C)C)nnc1Cl. The van der Waals surface area contributed by atoms with Crippen LogP contribution in [0.1, 0.15) is 36.8 Å². The van der Waals surface area contributed by atoms with E-state index in [4.69, 9.17) is 16.3 Å². The molecule has 1 heterocycles. The van der Waals surface area contributed by atoms with E-state index >= 15 is 0 Å². The van der Waals surface area contributed by atoms with Crippen molar-refractivity contribution in [3.63, 3.8) is 0 Å². The van der Waals surface area contributed by atoms with Crippen LogP contribution in [0.2, 0.25) is 5.15 Å². The molecule has 0 aliphatic carbocycles. The van der Waals surface area contributed by atoms with Gasteiger partial charge in [-0.05, 0) is 6.07 Å². The molecule has 0 unspecified atom stereocenters. The van der Waals surface area contributed by atoms with E-state index in [-0.39, 0.29) is 35.3 Å². The molecule has 0 N–H and O–H groups in total. The molecule has 0 aliphatic rings. The molecule has 0 fully saturated rings. The van der Waals surface area contributed by atoms with E-state index in [1.54, 1.807) is 0 Å². The van der Waals surface area contributed by atoms with Crippen LogP contribution in [-0.4, -0.2) is 35.5 Å². The Bertz CT molecular complexity index is 495. The number of hydrogen-bond donors (Lipinski definition) is 0. The highest BCUT2D eigenvalue weighted by Crippen LogP contribution is 2.19. The summed E-state index contributed by atoms with van der Waals surface area (Å²) in [5.74, 6) is -0.263. The van der Waals surface area contributed by atoms with E-state index < -0.39 is 5.41 Å². The molecule has 0 saturated heterocycles. The van der Waals surface area contributed by atoms with Gasteiger partial charge in [-0.25, -0.2) is 0 Å². The second kappa shape index (κ2) is 6.21. The summed E-state index contributed by atoms with van der Waals surface area (Å²) < 4.78 is 4.76. The number of carbonyl (C=O) groups is 2.